The molecule has 0 spiro atoms. The van der Waals surface area contributed by atoms with Gasteiger partial charge in [-0.25, -0.2) is 4.98 Å². The number of nitrogens with one attached hydrogen (secondary N) is 1. The average molecular weight is 405 g/mol. The number of hydrogen-bond donors (Lipinski definition) is 1. The van der Waals surface area contributed by atoms with Crippen molar-refractivity contribution in [3.8, 4) is 22.2 Å². The minimum atomic E-state index is -4.39. The number of aromatic nitrogens is 3. The first-order valence-electron chi connectivity index (χ1n) is 7.50. The molecule has 0 amide bonds. The Morgan fingerprint density at radius 2 is 2.04 bits per heavy atom. The van der Waals surface area contributed by atoms with Gasteiger partial charge >= 0.3 is 6.18 Å². The molecule has 10 heteroatoms. The van der Waals surface area contributed by atoms with E-state index in [9.17, 15) is 13.2 Å². The normalized spacial score (nSPS) is 12.7. The predicted octanol–water partition coefficient (Wildman–Crippen LogP) is 4.45. The number of halogens is 4. The van der Waals surface area contributed by atoms with Crippen LogP contribution >= 0.6 is 23.7 Å². The minimum Gasteiger partial charge on any atom is -0.332 e. The van der Waals surface area contributed by atoms with E-state index in [2.05, 4.69) is 20.4 Å². The summed E-state index contributed by atoms with van der Waals surface area (Å²) in [6.07, 6.45) is -3.79. The first kappa shape index (κ1) is 20.3. The van der Waals surface area contributed by atoms with Crippen molar-refractivity contribution >= 4 is 23.7 Å². The van der Waals surface area contributed by atoms with E-state index < -0.39 is 11.7 Å². The number of likely N-dealkylation sites (N-methyl/N-ethyl adjacent to an activating group) is 1. The van der Waals surface area contributed by atoms with Gasteiger partial charge in [0.05, 0.1) is 5.56 Å². The SMILES string of the molecule is CNC(C)Cc1noc(-c2csc(-c3cccc(C(F)(F)F)c3)n2)n1.Cl. The molecule has 0 radical (unpaired) electrons. The van der Waals surface area contributed by atoms with Crippen molar-refractivity contribution in [2.24, 2.45) is 0 Å². The summed E-state index contributed by atoms with van der Waals surface area (Å²) in [7, 11) is 1.84. The zero-order valence-corrected chi connectivity index (χ0v) is 15.5. The Balaban J connectivity index is 0.00000243. The molecule has 2 aromatic heterocycles. The summed E-state index contributed by atoms with van der Waals surface area (Å²) < 4.78 is 43.7. The molecule has 3 rings (SSSR count). The highest BCUT2D eigenvalue weighted by molar-refractivity contribution is 7.13. The third kappa shape index (κ3) is 4.60. The maximum Gasteiger partial charge on any atom is 0.416 e. The quantitative estimate of drug-likeness (QED) is 0.680. The largest absolute Gasteiger partial charge is 0.416 e. The first-order valence-corrected chi connectivity index (χ1v) is 8.38. The fraction of sp³-hybridized carbons (Fsp3) is 0.312. The smallest absolute Gasteiger partial charge is 0.332 e. The second kappa shape index (κ2) is 8.15. The van der Waals surface area contributed by atoms with Gasteiger partial charge in [0.25, 0.3) is 5.89 Å². The lowest BCUT2D eigenvalue weighted by Gasteiger charge is -2.07. The summed E-state index contributed by atoms with van der Waals surface area (Å²) in [6, 6.07) is 5.26. The van der Waals surface area contributed by atoms with Crippen LogP contribution < -0.4 is 5.32 Å². The third-order valence-electron chi connectivity index (χ3n) is 3.61. The Labute approximate surface area is 158 Å². The van der Waals surface area contributed by atoms with E-state index in [1.54, 1.807) is 11.4 Å². The van der Waals surface area contributed by atoms with Crippen LogP contribution in [0.1, 0.15) is 18.3 Å². The summed E-state index contributed by atoms with van der Waals surface area (Å²) in [5.41, 5.74) is 0.144. The van der Waals surface area contributed by atoms with Crippen LogP contribution in [-0.2, 0) is 12.6 Å². The first-order chi connectivity index (χ1) is 11.9. The molecule has 0 aliphatic heterocycles. The van der Waals surface area contributed by atoms with E-state index in [1.807, 2.05) is 14.0 Å². The summed E-state index contributed by atoms with van der Waals surface area (Å²) in [6.45, 7) is 1.99. The van der Waals surface area contributed by atoms with Crippen LogP contribution in [0.2, 0.25) is 0 Å². The Bertz CT molecular complexity index is 865. The van der Waals surface area contributed by atoms with E-state index in [1.165, 1.54) is 17.4 Å². The molecule has 0 saturated heterocycles. The van der Waals surface area contributed by atoms with Crippen molar-refractivity contribution in [2.45, 2.75) is 25.6 Å². The monoisotopic (exact) mass is 404 g/mol. The lowest BCUT2D eigenvalue weighted by molar-refractivity contribution is -0.137. The minimum absolute atomic E-state index is 0. The third-order valence-corrected chi connectivity index (χ3v) is 4.50. The highest BCUT2D eigenvalue weighted by atomic mass is 35.5. The van der Waals surface area contributed by atoms with Crippen LogP contribution in [0.4, 0.5) is 13.2 Å². The summed E-state index contributed by atoms with van der Waals surface area (Å²) in [4.78, 5) is 8.60. The molecule has 1 atom stereocenters. The van der Waals surface area contributed by atoms with Gasteiger partial charge in [0.1, 0.15) is 10.7 Å². The molecule has 1 aromatic carbocycles. The van der Waals surface area contributed by atoms with Crippen LogP contribution in [-0.4, -0.2) is 28.2 Å². The highest BCUT2D eigenvalue weighted by Crippen LogP contribution is 2.34. The van der Waals surface area contributed by atoms with Gasteiger partial charge in [0.15, 0.2) is 5.82 Å². The molecule has 1 unspecified atom stereocenters. The number of thiazole rings is 1. The molecule has 3 aromatic rings. The van der Waals surface area contributed by atoms with Crippen LogP contribution in [0, 0.1) is 0 Å². The van der Waals surface area contributed by atoms with Crippen LogP contribution in [0.5, 0.6) is 0 Å². The molecule has 140 valence electrons. The standard InChI is InChI=1S/C16H15F3N4OS.ClH/c1-9(20-2)6-13-22-14(24-23-13)12-8-25-15(21-12)10-4-3-5-11(7-10)16(17,18)19;/h3-5,7-9,20H,6H2,1-2H3;1H. The Kier molecular flexibility index (Phi) is 6.38. The van der Waals surface area contributed by atoms with E-state index in [0.717, 1.165) is 12.1 Å². The van der Waals surface area contributed by atoms with Gasteiger partial charge in [0.2, 0.25) is 0 Å². The van der Waals surface area contributed by atoms with Crippen LogP contribution in [0.3, 0.4) is 0 Å². The molecule has 2 heterocycles. The van der Waals surface area contributed by atoms with E-state index in [4.69, 9.17) is 4.52 Å². The van der Waals surface area contributed by atoms with Crippen molar-refractivity contribution in [3.63, 3.8) is 0 Å². The molecule has 0 fully saturated rings. The number of hydrogen-bond acceptors (Lipinski definition) is 6. The predicted molar refractivity (Wildman–Crippen MR) is 95.3 cm³/mol. The van der Waals surface area contributed by atoms with Crippen molar-refractivity contribution in [1.29, 1.82) is 0 Å². The lowest BCUT2D eigenvalue weighted by Crippen LogP contribution is -2.24. The van der Waals surface area contributed by atoms with Gasteiger partial charge in [-0.05, 0) is 26.1 Å². The molecular formula is C16H16ClF3N4OS. The maximum absolute atomic E-state index is 12.8. The van der Waals surface area contributed by atoms with Crippen LogP contribution in [0.15, 0.2) is 34.2 Å². The summed E-state index contributed by atoms with van der Waals surface area (Å²) in [5, 5.41) is 9.13. The van der Waals surface area contributed by atoms with Crippen molar-refractivity contribution in [1.82, 2.24) is 20.4 Å². The van der Waals surface area contributed by atoms with Crippen molar-refractivity contribution < 1.29 is 17.7 Å². The summed E-state index contributed by atoms with van der Waals surface area (Å²) in [5.74, 6) is 0.804. The maximum atomic E-state index is 12.8. The molecule has 0 saturated carbocycles. The Morgan fingerprint density at radius 3 is 2.73 bits per heavy atom. The number of alkyl halides is 3. The van der Waals surface area contributed by atoms with Gasteiger partial charge in [-0.1, -0.05) is 17.3 Å². The highest BCUT2D eigenvalue weighted by Gasteiger charge is 2.30. The van der Waals surface area contributed by atoms with Gasteiger partial charge in [-0.2, -0.15) is 18.2 Å². The van der Waals surface area contributed by atoms with Crippen molar-refractivity contribution in [2.75, 3.05) is 7.05 Å². The second-order valence-electron chi connectivity index (χ2n) is 5.53. The lowest BCUT2D eigenvalue weighted by atomic mass is 10.1. The molecule has 0 bridgehead atoms. The van der Waals surface area contributed by atoms with Gasteiger partial charge in [-0.3, -0.25) is 0 Å². The fourth-order valence-corrected chi connectivity index (χ4v) is 2.94. The van der Waals surface area contributed by atoms with E-state index in [0.29, 0.717) is 28.5 Å². The molecule has 5 nitrogen and oxygen atoms in total. The molecule has 26 heavy (non-hydrogen) atoms. The second-order valence-corrected chi connectivity index (χ2v) is 6.38. The van der Waals surface area contributed by atoms with Gasteiger partial charge in [-0.15, -0.1) is 23.7 Å². The molecular weight excluding hydrogens is 389 g/mol. The average Bonchev–Trinajstić information content (AvgIpc) is 3.23. The molecule has 0 aliphatic carbocycles. The van der Waals surface area contributed by atoms with E-state index >= 15 is 0 Å². The number of nitrogens with zero attached hydrogens (tertiary/aromatic N) is 3. The molecule has 0 aliphatic rings. The topological polar surface area (TPSA) is 63.8 Å². The van der Waals surface area contributed by atoms with Gasteiger partial charge in [0, 0.05) is 23.4 Å². The fourth-order valence-electron chi connectivity index (χ4n) is 2.15. The zero-order chi connectivity index (χ0) is 18.0. The molecule has 1 N–H and O–H groups in total. The Morgan fingerprint density at radius 1 is 1.27 bits per heavy atom. The van der Waals surface area contributed by atoms with E-state index in [-0.39, 0.29) is 24.3 Å². The van der Waals surface area contributed by atoms with Crippen LogP contribution in [0.25, 0.3) is 22.2 Å². The Hall–Kier alpha value is -1.97. The van der Waals surface area contributed by atoms with Crippen molar-refractivity contribution in [3.05, 3.63) is 41.0 Å². The number of rotatable bonds is 5. The summed E-state index contributed by atoms with van der Waals surface area (Å²) >= 11 is 1.23. The van der Waals surface area contributed by atoms with Gasteiger partial charge < -0.3 is 9.84 Å². The number of benzene rings is 1. The zero-order valence-electron chi connectivity index (χ0n) is 13.9.